The SMILES string of the molecule is CCOC(=O)[C@H]1CCCS(=O)(=O)CC1. The second-order valence-corrected chi connectivity index (χ2v) is 5.84. The molecular weight excluding hydrogens is 204 g/mol. The van der Waals surface area contributed by atoms with Crippen LogP contribution >= 0.6 is 0 Å². The van der Waals surface area contributed by atoms with Crippen molar-refractivity contribution in [1.82, 2.24) is 0 Å². The van der Waals surface area contributed by atoms with E-state index in [2.05, 4.69) is 0 Å². The summed E-state index contributed by atoms with van der Waals surface area (Å²) in [5, 5.41) is 0. The molecule has 82 valence electrons. The summed E-state index contributed by atoms with van der Waals surface area (Å²) in [4.78, 5) is 11.3. The van der Waals surface area contributed by atoms with Gasteiger partial charge in [-0.2, -0.15) is 0 Å². The van der Waals surface area contributed by atoms with Crippen LogP contribution in [-0.2, 0) is 19.4 Å². The van der Waals surface area contributed by atoms with Gasteiger partial charge in [0.05, 0.1) is 24.0 Å². The lowest BCUT2D eigenvalue weighted by Gasteiger charge is -2.10. The van der Waals surface area contributed by atoms with Crippen LogP contribution in [0.15, 0.2) is 0 Å². The number of esters is 1. The van der Waals surface area contributed by atoms with Gasteiger partial charge in [0.15, 0.2) is 0 Å². The summed E-state index contributed by atoms with van der Waals surface area (Å²) in [5.41, 5.74) is 0. The van der Waals surface area contributed by atoms with Crippen molar-refractivity contribution in [3.05, 3.63) is 0 Å². The first-order chi connectivity index (χ1) is 6.55. The molecule has 0 bridgehead atoms. The van der Waals surface area contributed by atoms with Gasteiger partial charge in [-0.15, -0.1) is 0 Å². The molecule has 5 heteroatoms. The van der Waals surface area contributed by atoms with Crippen LogP contribution in [0.25, 0.3) is 0 Å². The van der Waals surface area contributed by atoms with Crippen molar-refractivity contribution >= 4 is 15.8 Å². The number of sulfone groups is 1. The molecule has 4 nitrogen and oxygen atoms in total. The van der Waals surface area contributed by atoms with E-state index in [1.807, 2.05) is 0 Å². The summed E-state index contributed by atoms with van der Waals surface area (Å²) in [6.45, 7) is 2.12. The maximum absolute atomic E-state index is 11.3. The van der Waals surface area contributed by atoms with Gasteiger partial charge in [-0.05, 0) is 26.2 Å². The highest BCUT2D eigenvalue weighted by molar-refractivity contribution is 7.91. The van der Waals surface area contributed by atoms with E-state index in [0.29, 0.717) is 25.9 Å². The lowest BCUT2D eigenvalue weighted by atomic mass is 10.0. The van der Waals surface area contributed by atoms with Gasteiger partial charge in [0.1, 0.15) is 9.84 Å². The Morgan fingerprint density at radius 2 is 2.07 bits per heavy atom. The maximum Gasteiger partial charge on any atom is 0.308 e. The molecule has 1 saturated heterocycles. The summed E-state index contributed by atoms with van der Waals surface area (Å²) >= 11 is 0. The van der Waals surface area contributed by atoms with Crippen LogP contribution in [0.1, 0.15) is 26.2 Å². The zero-order chi connectivity index (χ0) is 10.6. The second kappa shape index (κ2) is 4.77. The van der Waals surface area contributed by atoms with Gasteiger partial charge in [0, 0.05) is 0 Å². The van der Waals surface area contributed by atoms with Crippen LogP contribution in [0, 0.1) is 5.92 Å². The molecular formula is C9H16O4S. The van der Waals surface area contributed by atoms with Crippen LogP contribution in [0.2, 0.25) is 0 Å². The molecule has 0 aromatic carbocycles. The smallest absolute Gasteiger partial charge is 0.308 e. The van der Waals surface area contributed by atoms with Gasteiger partial charge >= 0.3 is 5.97 Å². The lowest BCUT2D eigenvalue weighted by Crippen LogP contribution is -2.18. The Labute approximate surface area is 84.6 Å². The van der Waals surface area contributed by atoms with E-state index in [4.69, 9.17) is 4.74 Å². The number of ether oxygens (including phenoxy) is 1. The third-order valence-corrected chi connectivity index (χ3v) is 4.17. The highest BCUT2D eigenvalue weighted by Gasteiger charge is 2.26. The van der Waals surface area contributed by atoms with Gasteiger partial charge in [-0.3, -0.25) is 4.79 Å². The van der Waals surface area contributed by atoms with Crippen LogP contribution < -0.4 is 0 Å². The summed E-state index contributed by atoms with van der Waals surface area (Å²) in [7, 11) is -2.91. The van der Waals surface area contributed by atoms with Crippen molar-refractivity contribution in [2.24, 2.45) is 5.92 Å². The minimum Gasteiger partial charge on any atom is -0.466 e. The van der Waals surface area contributed by atoms with E-state index in [-0.39, 0.29) is 23.4 Å². The van der Waals surface area contributed by atoms with Crippen molar-refractivity contribution in [2.45, 2.75) is 26.2 Å². The molecule has 0 unspecified atom stereocenters. The molecule has 0 radical (unpaired) electrons. The fraction of sp³-hybridized carbons (Fsp3) is 0.889. The minimum atomic E-state index is -2.91. The number of carbonyl (C=O) groups excluding carboxylic acids is 1. The number of hydrogen-bond donors (Lipinski definition) is 0. The summed E-state index contributed by atoms with van der Waals surface area (Å²) in [5.74, 6) is -0.129. The minimum absolute atomic E-state index is 0.122. The molecule has 1 aliphatic heterocycles. The van der Waals surface area contributed by atoms with Crippen molar-refractivity contribution in [3.8, 4) is 0 Å². The highest BCUT2D eigenvalue weighted by Crippen LogP contribution is 2.19. The topological polar surface area (TPSA) is 60.4 Å². The van der Waals surface area contributed by atoms with Crippen LogP contribution in [0.3, 0.4) is 0 Å². The Morgan fingerprint density at radius 1 is 1.36 bits per heavy atom. The first-order valence-electron chi connectivity index (χ1n) is 4.92. The molecule has 0 N–H and O–H groups in total. The van der Waals surface area contributed by atoms with E-state index < -0.39 is 9.84 Å². The predicted octanol–water partition coefficient (Wildman–Crippen LogP) is 0.764. The molecule has 0 spiro atoms. The highest BCUT2D eigenvalue weighted by atomic mass is 32.2. The van der Waals surface area contributed by atoms with Gasteiger partial charge in [0.25, 0.3) is 0 Å². The Hall–Kier alpha value is -0.580. The number of rotatable bonds is 2. The maximum atomic E-state index is 11.3. The molecule has 14 heavy (non-hydrogen) atoms. The Bertz CT molecular complexity index is 294. The average molecular weight is 220 g/mol. The quantitative estimate of drug-likeness (QED) is 0.645. The van der Waals surface area contributed by atoms with Crippen molar-refractivity contribution in [2.75, 3.05) is 18.1 Å². The van der Waals surface area contributed by atoms with Crippen LogP contribution in [0.5, 0.6) is 0 Å². The predicted molar refractivity (Wildman–Crippen MR) is 52.6 cm³/mol. The molecule has 1 rings (SSSR count). The molecule has 0 aromatic rings. The Morgan fingerprint density at radius 3 is 2.71 bits per heavy atom. The first kappa shape index (κ1) is 11.5. The summed E-state index contributed by atoms with van der Waals surface area (Å²) < 4.78 is 27.4. The van der Waals surface area contributed by atoms with Crippen LogP contribution in [-0.4, -0.2) is 32.5 Å². The van der Waals surface area contributed by atoms with E-state index in [1.165, 1.54) is 0 Å². The van der Waals surface area contributed by atoms with Crippen molar-refractivity contribution in [3.63, 3.8) is 0 Å². The third-order valence-electron chi connectivity index (χ3n) is 2.41. The molecule has 0 amide bonds. The van der Waals surface area contributed by atoms with Gasteiger partial charge < -0.3 is 4.74 Å². The molecule has 1 heterocycles. The van der Waals surface area contributed by atoms with E-state index >= 15 is 0 Å². The van der Waals surface area contributed by atoms with Crippen LogP contribution in [0.4, 0.5) is 0 Å². The van der Waals surface area contributed by atoms with Gasteiger partial charge in [-0.1, -0.05) is 0 Å². The standard InChI is InChI=1S/C9H16O4S/c1-2-13-9(10)8-4-3-6-14(11,12)7-5-8/h8H,2-7H2,1H3/t8-/m0/s1. The molecule has 0 saturated carbocycles. The molecule has 1 aliphatic rings. The molecule has 1 fully saturated rings. The lowest BCUT2D eigenvalue weighted by molar-refractivity contribution is -0.148. The van der Waals surface area contributed by atoms with E-state index in [1.54, 1.807) is 6.92 Å². The average Bonchev–Trinajstić information content (AvgIpc) is 2.27. The second-order valence-electron chi connectivity index (χ2n) is 3.53. The third kappa shape index (κ3) is 3.29. The van der Waals surface area contributed by atoms with Crippen molar-refractivity contribution in [1.29, 1.82) is 0 Å². The molecule has 0 aliphatic carbocycles. The van der Waals surface area contributed by atoms with Gasteiger partial charge in [-0.25, -0.2) is 8.42 Å². The zero-order valence-corrected chi connectivity index (χ0v) is 9.18. The van der Waals surface area contributed by atoms with Crippen molar-refractivity contribution < 1.29 is 17.9 Å². The monoisotopic (exact) mass is 220 g/mol. The first-order valence-corrected chi connectivity index (χ1v) is 6.74. The zero-order valence-electron chi connectivity index (χ0n) is 8.36. The summed E-state index contributed by atoms with van der Waals surface area (Å²) in [6, 6.07) is 0. The number of carbonyl (C=O) groups is 1. The van der Waals surface area contributed by atoms with Gasteiger partial charge in [0.2, 0.25) is 0 Å². The normalized spacial score (nSPS) is 26.5. The fourth-order valence-electron chi connectivity index (χ4n) is 1.61. The van der Waals surface area contributed by atoms with E-state index in [0.717, 1.165) is 0 Å². The molecule has 1 atom stereocenters. The Kier molecular flexibility index (Phi) is 3.92. The Balaban J connectivity index is 2.54. The van der Waals surface area contributed by atoms with E-state index in [9.17, 15) is 13.2 Å². The molecule has 0 aromatic heterocycles. The fourth-order valence-corrected chi connectivity index (χ4v) is 3.07. The number of hydrogen-bond acceptors (Lipinski definition) is 4. The summed E-state index contributed by atoms with van der Waals surface area (Å²) in [6.07, 6.45) is 1.63. The largest absolute Gasteiger partial charge is 0.466 e.